The summed E-state index contributed by atoms with van der Waals surface area (Å²) >= 11 is 0. The fraction of sp³-hybridized carbons (Fsp3) is 0.250. The van der Waals surface area contributed by atoms with E-state index in [9.17, 15) is 0 Å². The van der Waals surface area contributed by atoms with Crippen LogP contribution < -0.4 is 5.46 Å². The van der Waals surface area contributed by atoms with Crippen molar-refractivity contribution in [3.05, 3.63) is 48.3 Å². The third-order valence-corrected chi connectivity index (χ3v) is 2.28. The molecule has 1 aromatic heterocycles. The van der Waals surface area contributed by atoms with Crippen LogP contribution in [-0.4, -0.2) is 26.9 Å². The zero-order chi connectivity index (χ0) is 12.7. The van der Waals surface area contributed by atoms with Gasteiger partial charge < -0.3 is 10.0 Å². The van der Waals surface area contributed by atoms with Gasteiger partial charge in [-0.25, -0.2) is 0 Å². The molecule has 2 N–H and O–H groups in total. The summed E-state index contributed by atoms with van der Waals surface area (Å²) in [5.74, 6) is 0. The van der Waals surface area contributed by atoms with Crippen LogP contribution in [-0.2, 0) is 6.54 Å². The number of nitrogens with zero attached hydrogens (tertiary/aromatic N) is 2. The van der Waals surface area contributed by atoms with E-state index in [0.717, 1.165) is 5.57 Å². The number of allylic oxidation sites excluding steroid dienone is 6. The molecule has 0 aliphatic carbocycles. The first-order valence-electron chi connectivity index (χ1n) is 5.50. The van der Waals surface area contributed by atoms with Gasteiger partial charge in [-0.2, -0.15) is 5.10 Å². The Morgan fingerprint density at radius 2 is 2.18 bits per heavy atom. The van der Waals surface area contributed by atoms with E-state index >= 15 is 0 Å². The molecule has 5 heteroatoms. The lowest BCUT2D eigenvalue weighted by Crippen LogP contribution is -2.28. The second-order valence-electron chi connectivity index (χ2n) is 3.59. The summed E-state index contributed by atoms with van der Waals surface area (Å²) in [6.45, 7) is 4.53. The van der Waals surface area contributed by atoms with Gasteiger partial charge in [-0.3, -0.25) is 4.68 Å². The summed E-state index contributed by atoms with van der Waals surface area (Å²) in [7, 11) is -1.46. The van der Waals surface area contributed by atoms with E-state index in [4.69, 9.17) is 10.0 Å². The molecule has 0 bridgehead atoms. The highest BCUT2D eigenvalue weighted by Crippen LogP contribution is 2.01. The van der Waals surface area contributed by atoms with Crippen molar-refractivity contribution < 1.29 is 10.0 Å². The Morgan fingerprint density at radius 3 is 2.71 bits per heavy atom. The van der Waals surface area contributed by atoms with Gasteiger partial charge in [0.25, 0.3) is 0 Å². The third-order valence-electron chi connectivity index (χ3n) is 2.28. The van der Waals surface area contributed by atoms with Gasteiger partial charge in [0.15, 0.2) is 0 Å². The third kappa shape index (κ3) is 4.42. The van der Waals surface area contributed by atoms with E-state index in [1.807, 2.05) is 44.2 Å². The molecule has 1 aromatic rings. The summed E-state index contributed by atoms with van der Waals surface area (Å²) in [4.78, 5) is 0. The number of aromatic nitrogens is 2. The van der Waals surface area contributed by atoms with Crippen molar-refractivity contribution in [2.24, 2.45) is 0 Å². The summed E-state index contributed by atoms with van der Waals surface area (Å²) in [5, 5.41) is 22.0. The van der Waals surface area contributed by atoms with Crippen molar-refractivity contribution in [3.63, 3.8) is 0 Å². The summed E-state index contributed by atoms with van der Waals surface area (Å²) < 4.78 is 1.67. The molecule has 0 saturated heterocycles. The van der Waals surface area contributed by atoms with Crippen LogP contribution in [0.3, 0.4) is 0 Å². The Kier molecular flexibility index (Phi) is 5.46. The van der Waals surface area contributed by atoms with Gasteiger partial charge in [0.1, 0.15) is 0 Å². The molecule has 0 amide bonds. The second kappa shape index (κ2) is 6.88. The maximum absolute atomic E-state index is 8.97. The minimum Gasteiger partial charge on any atom is -0.423 e. The molecule has 0 atom stereocenters. The van der Waals surface area contributed by atoms with E-state index in [2.05, 4.69) is 5.10 Å². The van der Waals surface area contributed by atoms with Crippen molar-refractivity contribution in [2.45, 2.75) is 20.4 Å². The zero-order valence-corrected chi connectivity index (χ0v) is 10.1. The molecular formula is C12H17BN2O2. The molecule has 1 rings (SSSR count). The largest absolute Gasteiger partial charge is 0.491 e. The molecule has 0 aliphatic heterocycles. The van der Waals surface area contributed by atoms with Crippen molar-refractivity contribution in [1.82, 2.24) is 9.78 Å². The lowest BCUT2D eigenvalue weighted by molar-refractivity contribution is 0.425. The predicted octanol–water partition coefficient (Wildman–Crippen LogP) is 0.641. The average molecular weight is 232 g/mol. The Balaban J connectivity index is 2.68. The van der Waals surface area contributed by atoms with Crippen LogP contribution in [0.1, 0.15) is 13.8 Å². The fourth-order valence-electron chi connectivity index (χ4n) is 1.32. The maximum atomic E-state index is 8.97. The van der Waals surface area contributed by atoms with E-state index < -0.39 is 7.12 Å². The van der Waals surface area contributed by atoms with E-state index in [1.165, 1.54) is 6.20 Å². The predicted molar refractivity (Wildman–Crippen MR) is 69.8 cm³/mol. The van der Waals surface area contributed by atoms with Crippen LogP contribution in [0.4, 0.5) is 0 Å². The standard InChI is InChI=1S/C12H17BN2O2/c1-3-5-6-7-11(4-2)9-15-10-12(8-14-15)13(16)17/h3-8,10,16-17H,9H2,1-2H3/b5-3-,7-6-,11-4+. The molecule has 0 aromatic carbocycles. The van der Waals surface area contributed by atoms with Gasteiger partial charge in [-0.15, -0.1) is 0 Å². The molecular weight excluding hydrogens is 215 g/mol. The van der Waals surface area contributed by atoms with Gasteiger partial charge in [0.2, 0.25) is 0 Å². The Labute approximate surface area is 102 Å². The van der Waals surface area contributed by atoms with Gasteiger partial charge in [-0.05, 0) is 19.4 Å². The summed E-state index contributed by atoms with van der Waals surface area (Å²) in [6.07, 6.45) is 12.9. The highest BCUT2D eigenvalue weighted by molar-refractivity contribution is 6.58. The molecule has 4 nitrogen and oxygen atoms in total. The molecule has 17 heavy (non-hydrogen) atoms. The lowest BCUT2D eigenvalue weighted by Gasteiger charge is -2.01. The minimum absolute atomic E-state index is 0.401. The van der Waals surface area contributed by atoms with Gasteiger partial charge in [-0.1, -0.05) is 30.4 Å². The van der Waals surface area contributed by atoms with Crippen molar-refractivity contribution >= 4 is 12.6 Å². The maximum Gasteiger partial charge on any atom is 0.491 e. The van der Waals surface area contributed by atoms with Crippen molar-refractivity contribution in [2.75, 3.05) is 0 Å². The lowest BCUT2D eigenvalue weighted by atomic mass is 9.83. The molecule has 0 aliphatic rings. The number of hydrogen-bond acceptors (Lipinski definition) is 3. The summed E-state index contributed by atoms with van der Waals surface area (Å²) in [6, 6.07) is 0. The first-order chi connectivity index (χ1) is 8.17. The second-order valence-corrected chi connectivity index (χ2v) is 3.59. The van der Waals surface area contributed by atoms with Gasteiger partial charge in [0, 0.05) is 17.9 Å². The molecule has 0 spiro atoms. The van der Waals surface area contributed by atoms with Gasteiger partial charge in [0.05, 0.1) is 6.54 Å². The molecule has 0 saturated carbocycles. The highest BCUT2D eigenvalue weighted by atomic mass is 16.4. The SMILES string of the molecule is C\C=C/C=C\C(=C/C)Cn1cc(B(O)O)cn1. The first kappa shape index (κ1) is 13.5. The smallest absolute Gasteiger partial charge is 0.423 e. The quantitative estimate of drug-likeness (QED) is 0.578. The topological polar surface area (TPSA) is 58.3 Å². The fourth-order valence-corrected chi connectivity index (χ4v) is 1.32. The minimum atomic E-state index is -1.46. The van der Waals surface area contributed by atoms with Crippen molar-refractivity contribution in [3.8, 4) is 0 Å². The van der Waals surface area contributed by atoms with Crippen LogP contribution in [0, 0.1) is 0 Å². The molecule has 0 radical (unpaired) electrons. The van der Waals surface area contributed by atoms with E-state index in [1.54, 1.807) is 10.9 Å². The Bertz CT molecular complexity index is 433. The highest BCUT2D eigenvalue weighted by Gasteiger charge is 2.12. The zero-order valence-electron chi connectivity index (χ0n) is 10.1. The Morgan fingerprint density at radius 1 is 1.41 bits per heavy atom. The van der Waals surface area contributed by atoms with Crippen LogP contribution in [0.15, 0.2) is 48.3 Å². The average Bonchev–Trinajstić information content (AvgIpc) is 2.76. The van der Waals surface area contributed by atoms with Crippen LogP contribution in [0.2, 0.25) is 0 Å². The van der Waals surface area contributed by atoms with Crippen LogP contribution >= 0.6 is 0 Å². The van der Waals surface area contributed by atoms with Crippen LogP contribution in [0.25, 0.3) is 0 Å². The van der Waals surface area contributed by atoms with E-state index in [0.29, 0.717) is 12.0 Å². The Hall–Kier alpha value is -1.59. The normalized spacial score (nSPS) is 12.8. The van der Waals surface area contributed by atoms with Gasteiger partial charge >= 0.3 is 7.12 Å². The molecule has 0 fully saturated rings. The molecule has 0 unspecified atom stereocenters. The molecule has 90 valence electrons. The summed E-state index contributed by atoms with van der Waals surface area (Å²) in [5.41, 5.74) is 1.50. The van der Waals surface area contributed by atoms with Crippen molar-refractivity contribution in [1.29, 1.82) is 0 Å². The number of hydrogen-bond donors (Lipinski definition) is 2. The first-order valence-corrected chi connectivity index (χ1v) is 5.50. The molecule has 1 heterocycles. The monoisotopic (exact) mass is 232 g/mol. The van der Waals surface area contributed by atoms with Crippen LogP contribution in [0.5, 0.6) is 0 Å². The number of rotatable bonds is 5. The van der Waals surface area contributed by atoms with E-state index in [-0.39, 0.29) is 0 Å².